The summed E-state index contributed by atoms with van der Waals surface area (Å²) in [7, 11) is 0. The number of hydrogen-bond donors (Lipinski definition) is 2. The van der Waals surface area contributed by atoms with Gasteiger partial charge in [0, 0.05) is 5.41 Å². The van der Waals surface area contributed by atoms with Gasteiger partial charge in [0.05, 0.1) is 0 Å². The van der Waals surface area contributed by atoms with E-state index >= 15 is 0 Å². The van der Waals surface area contributed by atoms with E-state index in [-0.39, 0.29) is 5.41 Å². The Kier molecular flexibility index (Phi) is 2.04. The van der Waals surface area contributed by atoms with Crippen LogP contribution in [0.3, 0.4) is 0 Å². The molecule has 0 aromatic heterocycles. The molecule has 3 N–H and O–H groups in total. The summed E-state index contributed by atoms with van der Waals surface area (Å²) in [5.74, 6) is -0.911. The highest BCUT2D eigenvalue weighted by Gasteiger charge is 2.52. The number of benzene rings is 1. The van der Waals surface area contributed by atoms with Crippen LogP contribution in [-0.4, -0.2) is 17.1 Å². The van der Waals surface area contributed by atoms with Crippen LogP contribution in [0.15, 0.2) is 30.3 Å². The summed E-state index contributed by atoms with van der Waals surface area (Å²) in [5, 5.41) is 8.89. The Morgan fingerprint density at radius 1 is 1.36 bits per heavy atom. The Hall–Kier alpha value is -1.35. The summed E-state index contributed by atoms with van der Waals surface area (Å²) in [5.41, 5.74) is 6.44. The van der Waals surface area contributed by atoms with Crippen LogP contribution in [-0.2, 0) is 10.2 Å². The van der Waals surface area contributed by atoms with Gasteiger partial charge in [0.25, 0.3) is 0 Å². The lowest BCUT2D eigenvalue weighted by molar-refractivity contribution is -0.139. The molecule has 0 radical (unpaired) electrons. The van der Waals surface area contributed by atoms with Crippen molar-refractivity contribution in [2.24, 2.45) is 5.73 Å². The molecule has 1 aliphatic rings. The first-order valence-electron chi connectivity index (χ1n) is 4.71. The molecule has 1 aromatic carbocycles. The predicted octanol–water partition coefficient (Wildman–Crippen LogP) is 1.13. The van der Waals surface area contributed by atoms with Crippen LogP contribution in [0.1, 0.15) is 18.4 Å². The fraction of sp³-hybridized carbons (Fsp3) is 0.364. The van der Waals surface area contributed by atoms with Gasteiger partial charge in [0.15, 0.2) is 0 Å². The molecule has 74 valence electrons. The van der Waals surface area contributed by atoms with Crippen molar-refractivity contribution in [2.75, 3.05) is 0 Å². The van der Waals surface area contributed by atoms with Crippen LogP contribution in [0.25, 0.3) is 0 Å². The van der Waals surface area contributed by atoms with Gasteiger partial charge in [-0.3, -0.25) is 4.79 Å². The third kappa shape index (κ3) is 1.30. The summed E-state index contributed by atoms with van der Waals surface area (Å²) < 4.78 is 0. The van der Waals surface area contributed by atoms with Gasteiger partial charge in [-0.2, -0.15) is 0 Å². The highest BCUT2D eigenvalue weighted by Crippen LogP contribution is 2.50. The van der Waals surface area contributed by atoms with Crippen LogP contribution in [0, 0.1) is 0 Å². The second-order valence-electron chi connectivity index (χ2n) is 3.84. The number of carbonyl (C=O) groups is 1. The zero-order valence-electron chi connectivity index (χ0n) is 7.81. The molecule has 0 saturated heterocycles. The van der Waals surface area contributed by atoms with Crippen molar-refractivity contribution in [3.63, 3.8) is 0 Å². The molecular weight excluding hydrogens is 178 g/mol. The van der Waals surface area contributed by atoms with Crippen molar-refractivity contribution in [1.29, 1.82) is 0 Å². The molecule has 1 aromatic rings. The van der Waals surface area contributed by atoms with Gasteiger partial charge in [0.1, 0.15) is 6.04 Å². The standard InChI is InChI=1S/C11H13NO2/c12-9(10(13)14)11(6-7-11)8-4-2-1-3-5-8/h1-5,9H,6-7,12H2,(H,13,14). The molecule has 1 aliphatic carbocycles. The summed E-state index contributed by atoms with van der Waals surface area (Å²) in [6, 6.07) is 8.90. The van der Waals surface area contributed by atoms with Crippen molar-refractivity contribution in [3.8, 4) is 0 Å². The molecule has 3 heteroatoms. The summed E-state index contributed by atoms with van der Waals surface area (Å²) >= 11 is 0. The third-order valence-electron chi connectivity index (χ3n) is 3.00. The van der Waals surface area contributed by atoms with Gasteiger partial charge in [-0.1, -0.05) is 30.3 Å². The molecule has 2 rings (SSSR count). The Labute approximate surface area is 82.5 Å². The van der Waals surface area contributed by atoms with Gasteiger partial charge >= 0.3 is 5.97 Å². The van der Waals surface area contributed by atoms with Crippen LogP contribution in [0.4, 0.5) is 0 Å². The van der Waals surface area contributed by atoms with Crippen molar-refractivity contribution < 1.29 is 9.90 Å². The molecule has 1 fully saturated rings. The van der Waals surface area contributed by atoms with Crippen LogP contribution < -0.4 is 5.73 Å². The van der Waals surface area contributed by atoms with Gasteiger partial charge in [-0.05, 0) is 18.4 Å². The lowest BCUT2D eigenvalue weighted by Crippen LogP contribution is -2.41. The van der Waals surface area contributed by atoms with Gasteiger partial charge in [0.2, 0.25) is 0 Å². The van der Waals surface area contributed by atoms with E-state index in [1.807, 2.05) is 30.3 Å². The average molecular weight is 191 g/mol. The molecule has 1 unspecified atom stereocenters. The van der Waals surface area contributed by atoms with E-state index < -0.39 is 12.0 Å². The quantitative estimate of drug-likeness (QED) is 0.752. The van der Waals surface area contributed by atoms with E-state index in [0.29, 0.717) is 0 Å². The number of nitrogens with two attached hydrogens (primary N) is 1. The van der Waals surface area contributed by atoms with Gasteiger partial charge in [-0.25, -0.2) is 0 Å². The summed E-state index contributed by atoms with van der Waals surface area (Å²) in [4.78, 5) is 10.8. The van der Waals surface area contributed by atoms with Crippen molar-refractivity contribution >= 4 is 5.97 Å². The molecule has 14 heavy (non-hydrogen) atoms. The first-order chi connectivity index (χ1) is 6.67. The SMILES string of the molecule is NC(C(=O)O)C1(c2ccccc2)CC1. The Morgan fingerprint density at radius 3 is 2.36 bits per heavy atom. The Morgan fingerprint density at radius 2 is 1.93 bits per heavy atom. The van der Waals surface area contributed by atoms with E-state index in [9.17, 15) is 4.79 Å². The van der Waals surface area contributed by atoms with Gasteiger partial charge < -0.3 is 10.8 Å². The van der Waals surface area contributed by atoms with E-state index in [4.69, 9.17) is 10.8 Å². The Balaban J connectivity index is 2.30. The van der Waals surface area contributed by atoms with E-state index in [0.717, 1.165) is 18.4 Å². The average Bonchev–Trinajstić information content (AvgIpc) is 2.99. The molecule has 0 bridgehead atoms. The largest absolute Gasteiger partial charge is 0.480 e. The molecule has 0 heterocycles. The van der Waals surface area contributed by atoms with Gasteiger partial charge in [-0.15, -0.1) is 0 Å². The molecular formula is C11H13NO2. The predicted molar refractivity (Wildman–Crippen MR) is 53.0 cm³/mol. The van der Waals surface area contributed by atoms with Crippen LogP contribution in [0.2, 0.25) is 0 Å². The van der Waals surface area contributed by atoms with E-state index in [2.05, 4.69) is 0 Å². The molecule has 1 saturated carbocycles. The fourth-order valence-corrected chi connectivity index (χ4v) is 1.92. The molecule has 0 spiro atoms. The van der Waals surface area contributed by atoms with Crippen molar-refractivity contribution in [3.05, 3.63) is 35.9 Å². The topological polar surface area (TPSA) is 63.3 Å². The lowest BCUT2D eigenvalue weighted by Gasteiger charge is -2.19. The van der Waals surface area contributed by atoms with Crippen molar-refractivity contribution in [2.45, 2.75) is 24.3 Å². The van der Waals surface area contributed by atoms with Crippen molar-refractivity contribution in [1.82, 2.24) is 0 Å². The zero-order valence-corrected chi connectivity index (χ0v) is 7.81. The maximum atomic E-state index is 10.8. The first-order valence-corrected chi connectivity index (χ1v) is 4.71. The summed E-state index contributed by atoms with van der Waals surface area (Å²) in [6.45, 7) is 0. The number of rotatable bonds is 3. The molecule has 3 nitrogen and oxygen atoms in total. The monoisotopic (exact) mass is 191 g/mol. The highest BCUT2D eigenvalue weighted by molar-refractivity contribution is 5.76. The number of carboxylic acids is 1. The minimum absolute atomic E-state index is 0.299. The summed E-state index contributed by atoms with van der Waals surface area (Å²) in [6.07, 6.45) is 1.76. The zero-order chi connectivity index (χ0) is 10.2. The minimum Gasteiger partial charge on any atom is -0.480 e. The van der Waals surface area contributed by atoms with Crippen LogP contribution in [0.5, 0.6) is 0 Å². The van der Waals surface area contributed by atoms with E-state index in [1.165, 1.54) is 0 Å². The molecule has 0 aliphatic heterocycles. The molecule has 1 atom stereocenters. The second-order valence-corrected chi connectivity index (χ2v) is 3.84. The maximum absolute atomic E-state index is 10.8. The minimum atomic E-state index is -0.911. The maximum Gasteiger partial charge on any atom is 0.321 e. The number of aliphatic carboxylic acids is 1. The second kappa shape index (κ2) is 3.10. The molecule has 0 amide bonds. The fourth-order valence-electron chi connectivity index (χ4n) is 1.92. The number of hydrogen-bond acceptors (Lipinski definition) is 2. The first kappa shape index (κ1) is 9.21. The smallest absolute Gasteiger partial charge is 0.321 e. The van der Waals surface area contributed by atoms with E-state index in [1.54, 1.807) is 0 Å². The third-order valence-corrected chi connectivity index (χ3v) is 3.00. The Bertz CT molecular complexity index is 344. The lowest BCUT2D eigenvalue weighted by atomic mass is 9.88. The van der Waals surface area contributed by atoms with Crippen LogP contribution >= 0.6 is 0 Å². The number of carboxylic acid groups (broad SMARTS) is 1. The normalized spacial score (nSPS) is 20.1. The highest BCUT2D eigenvalue weighted by atomic mass is 16.4.